The monoisotopic (exact) mass is 485 g/mol. The van der Waals surface area contributed by atoms with Crippen molar-refractivity contribution < 1.29 is 9.59 Å². The van der Waals surface area contributed by atoms with E-state index in [1.807, 2.05) is 35.2 Å². The molecule has 2 bridgehead atoms. The molecular formula is C25H27N9O2. The van der Waals surface area contributed by atoms with E-state index < -0.39 is 0 Å². The Kier molecular flexibility index (Phi) is 5.39. The minimum Gasteiger partial charge on any atom is -0.384 e. The van der Waals surface area contributed by atoms with E-state index in [1.54, 1.807) is 24.0 Å². The molecular weight excluding hydrogens is 458 g/mol. The Hall–Kier alpha value is -4.28. The van der Waals surface area contributed by atoms with E-state index in [9.17, 15) is 9.59 Å². The quantitative estimate of drug-likeness (QED) is 0.521. The molecule has 0 aliphatic carbocycles. The number of carbonyl (C=O) groups is 2. The van der Waals surface area contributed by atoms with Crippen molar-refractivity contribution in [3.8, 4) is 11.1 Å². The fourth-order valence-electron chi connectivity index (χ4n) is 5.65. The minimum atomic E-state index is -0.274. The second-order valence-corrected chi connectivity index (χ2v) is 9.50. The average Bonchev–Trinajstić information content (AvgIpc) is 3.63. The van der Waals surface area contributed by atoms with Gasteiger partial charge in [0.1, 0.15) is 11.5 Å². The standard InChI is InChI=1S/C25H27N9O2/c1-27-25(36)30-16-4-2-14(3-5-16)19-13-29-34-22(26)12-21(31-23(19)34)15-10-17-6-7-18(11-15)33(17)24(35)20-8-9-28-32-20/h2-5,9,12-13,15,17-18H,6-8,10-11,26H2,1H3,(H2,27,30,36)/t15?,17-,18+. The van der Waals surface area contributed by atoms with Gasteiger partial charge in [-0.1, -0.05) is 12.1 Å². The molecule has 11 heteroatoms. The van der Waals surface area contributed by atoms with E-state index in [0.717, 1.165) is 42.5 Å². The Bertz CT molecular complexity index is 1390. The number of urea groups is 1. The molecule has 5 heterocycles. The van der Waals surface area contributed by atoms with E-state index in [4.69, 9.17) is 10.7 Å². The maximum atomic E-state index is 13.0. The summed E-state index contributed by atoms with van der Waals surface area (Å²) in [4.78, 5) is 31.7. The number of benzene rings is 1. The first-order valence-electron chi connectivity index (χ1n) is 12.2. The topological polar surface area (TPSA) is 142 Å². The van der Waals surface area contributed by atoms with Gasteiger partial charge in [0.25, 0.3) is 5.91 Å². The lowest BCUT2D eigenvalue weighted by Crippen LogP contribution is -2.48. The Morgan fingerprint density at radius 2 is 1.86 bits per heavy atom. The lowest BCUT2D eigenvalue weighted by molar-refractivity contribution is -0.128. The highest BCUT2D eigenvalue weighted by Gasteiger charge is 2.45. The zero-order valence-electron chi connectivity index (χ0n) is 19.9. The van der Waals surface area contributed by atoms with Crippen LogP contribution in [0.25, 0.3) is 16.8 Å². The molecule has 3 aromatic rings. The predicted molar refractivity (Wildman–Crippen MR) is 137 cm³/mol. The van der Waals surface area contributed by atoms with Gasteiger partial charge in [0.2, 0.25) is 0 Å². The molecule has 2 fully saturated rings. The number of rotatable bonds is 4. The number of nitrogens with one attached hydrogen (secondary N) is 2. The van der Waals surface area contributed by atoms with Crippen molar-refractivity contribution in [3.05, 3.63) is 42.2 Å². The van der Waals surface area contributed by atoms with Gasteiger partial charge in [0, 0.05) is 60.7 Å². The third-order valence-corrected chi connectivity index (χ3v) is 7.38. The van der Waals surface area contributed by atoms with Crippen LogP contribution in [0, 0.1) is 0 Å². The predicted octanol–water partition coefficient (Wildman–Crippen LogP) is 2.80. The van der Waals surface area contributed by atoms with Crippen molar-refractivity contribution in [3.63, 3.8) is 0 Å². The summed E-state index contributed by atoms with van der Waals surface area (Å²) < 4.78 is 1.65. The number of carbonyl (C=O) groups excluding carboxylic acids is 2. The van der Waals surface area contributed by atoms with Crippen LogP contribution >= 0.6 is 0 Å². The maximum absolute atomic E-state index is 13.0. The Labute approximate surface area is 207 Å². The van der Waals surface area contributed by atoms with Crippen molar-refractivity contribution in [1.29, 1.82) is 0 Å². The van der Waals surface area contributed by atoms with Crippen LogP contribution in [0.15, 0.2) is 46.7 Å². The van der Waals surface area contributed by atoms with Crippen molar-refractivity contribution in [2.45, 2.75) is 50.1 Å². The number of fused-ring (bicyclic) bond motifs is 3. The second-order valence-electron chi connectivity index (χ2n) is 9.50. The van der Waals surface area contributed by atoms with E-state index >= 15 is 0 Å². The van der Waals surface area contributed by atoms with Crippen LogP contribution in [0.1, 0.15) is 43.7 Å². The fourth-order valence-corrected chi connectivity index (χ4v) is 5.65. The molecule has 0 saturated carbocycles. The third kappa shape index (κ3) is 3.76. The molecule has 0 radical (unpaired) electrons. The molecule has 3 atom stereocenters. The van der Waals surface area contributed by atoms with Gasteiger partial charge in [-0.3, -0.25) is 4.79 Å². The summed E-state index contributed by atoms with van der Waals surface area (Å²) in [5.41, 5.74) is 11.1. The highest BCUT2D eigenvalue weighted by Crippen LogP contribution is 2.43. The molecule has 1 aromatic carbocycles. The smallest absolute Gasteiger partial charge is 0.318 e. The Balaban J connectivity index is 1.27. The summed E-state index contributed by atoms with van der Waals surface area (Å²) in [5, 5.41) is 17.6. The number of hydrogen-bond acceptors (Lipinski definition) is 7. The van der Waals surface area contributed by atoms with Crippen LogP contribution in [-0.2, 0) is 4.79 Å². The van der Waals surface area contributed by atoms with Crippen molar-refractivity contribution >= 4 is 41.0 Å². The summed E-state index contributed by atoms with van der Waals surface area (Å²) in [6, 6.07) is 9.51. The molecule has 6 rings (SSSR count). The van der Waals surface area contributed by atoms with E-state index in [2.05, 4.69) is 25.9 Å². The Morgan fingerprint density at radius 3 is 2.53 bits per heavy atom. The normalized spacial score (nSPS) is 22.6. The molecule has 4 N–H and O–H groups in total. The Morgan fingerprint density at radius 1 is 1.11 bits per heavy atom. The number of aromatic nitrogens is 3. The third-order valence-electron chi connectivity index (χ3n) is 7.38. The van der Waals surface area contributed by atoms with E-state index in [-0.39, 0.29) is 29.9 Å². The summed E-state index contributed by atoms with van der Waals surface area (Å²) in [5.74, 6) is 0.763. The summed E-state index contributed by atoms with van der Waals surface area (Å²) in [6.45, 7) is 0. The summed E-state index contributed by atoms with van der Waals surface area (Å²) >= 11 is 0. The zero-order valence-corrected chi connectivity index (χ0v) is 19.9. The van der Waals surface area contributed by atoms with Gasteiger partial charge in [0.05, 0.1) is 6.20 Å². The van der Waals surface area contributed by atoms with E-state index in [0.29, 0.717) is 29.3 Å². The van der Waals surface area contributed by atoms with Gasteiger partial charge >= 0.3 is 6.03 Å². The number of amides is 3. The molecule has 3 aliphatic rings. The average molecular weight is 486 g/mol. The van der Waals surface area contributed by atoms with Gasteiger partial charge in [-0.25, -0.2) is 9.78 Å². The largest absolute Gasteiger partial charge is 0.384 e. The summed E-state index contributed by atoms with van der Waals surface area (Å²) in [6.07, 6.45) is 7.64. The number of hydrogen-bond donors (Lipinski definition) is 3. The van der Waals surface area contributed by atoms with Crippen molar-refractivity contribution in [1.82, 2.24) is 24.8 Å². The second kappa shape index (κ2) is 8.74. The molecule has 0 spiro atoms. The number of nitrogen functional groups attached to an aromatic ring is 1. The summed E-state index contributed by atoms with van der Waals surface area (Å²) in [7, 11) is 1.57. The molecule has 3 aliphatic heterocycles. The van der Waals surface area contributed by atoms with E-state index in [1.165, 1.54) is 0 Å². The molecule has 2 aromatic heterocycles. The lowest BCUT2D eigenvalue weighted by Gasteiger charge is -2.38. The van der Waals surface area contributed by atoms with Gasteiger partial charge in [-0.2, -0.15) is 14.7 Å². The number of anilines is 2. The molecule has 11 nitrogen and oxygen atoms in total. The van der Waals surface area contributed by atoms with Crippen LogP contribution in [0.4, 0.5) is 16.3 Å². The highest BCUT2D eigenvalue weighted by molar-refractivity contribution is 6.42. The van der Waals surface area contributed by atoms with Crippen LogP contribution in [-0.4, -0.2) is 62.5 Å². The first kappa shape index (κ1) is 22.2. The number of nitrogens with two attached hydrogens (primary N) is 1. The van der Waals surface area contributed by atoms with Crippen LogP contribution in [0.3, 0.4) is 0 Å². The molecule has 184 valence electrons. The number of piperidine rings is 1. The minimum absolute atomic E-state index is 0.0220. The number of nitrogens with zero attached hydrogens (tertiary/aromatic N) is 6. The highest BCUT2D eigenvalue weighted by atomic mass is 16.2. The fraction of sp³-hybridized carbons (Fsp3) is 0.360. The van der Waals surface area contributed by atoms with Gasteiger partial charge < -0.3 is 21.3 Å². The molecule has 36 heavy (non-hydrogen) atoms. The van der Waals surface area contributed by atoms with Gasteiger partial charge in [0.15, 0.2) is 5.65 Å². The van der Waals surface area contributed by atoms with Crippen molar-refractivity contribution in [2.75, 3.05) is 18.1 Å². The van der Waals surface area contributed by atoms with Gasteiger partial charge in [-0.15, -0.1) is 5.10 Å². The van der Waals surface area contributed by atoms with Crippen LogP contribution in [0.2, 0.25) is 0 Å². The first-order chi connectivity index (χ1) is 17.5. The lowest BCUT2D eigenvalue weighted by atomic mass is 9.87. The van der Waals surface area contributed by atoms with Crippen molar-refractivity contribution in [2.24, 2.45) is 10.2 Å². The zero-order chi connectivity index (χ0) is 24.8. The maximum Gasteiger partial charge on any atom is 0.318 e. The van der Waals surface area contributed by atoms with Crippen LogP contribution in [0.5, 0.6) is 0 Å². The SMILES string of the molecule is CNC(=O)Nc1ccc(-c2cnn3c(N)cc(C4C[C@H]5CC[C@@H](C4)N5C(=O)C4=NN=CC4)nc23)cc1. The molecule has 3 amide bonds. The van der Waals surface area contributed by atoms with Gasteiger partial charge in [-0.05, 0) is 43.4 Å². The molecule has 1 unspecified atom stereocenters. The molecule has 2 saturated heterocycles. The van der Waals surface area contributed by atoms with Crippen LogP contribution < -0.4 is 16.4 Å². The first-order valence-corrected chi connectivity index (χ1v) is 12.2.